The lowest BCUT2D eigenvalue weighted by Gasteiger charge is -2.21. The molecule has 0 atom stereocenters. The fourth-order valence-electron chi connectivity index (χ4n) is 1.68. The van der Waals surface area contributed by atoms with E-state index in [-0.39, 0.29) is 5.97 Å². The monoisotopic (exact) mass is 255 g/mol. The Bertz CT molecular complexity index is 231. The van der Waals surface area contributed by atoms with E-state index in [1.807, 2.05) is 0 Å². The Morgan fingerprint density at radius 2 is 1.56 bits per heavy atom. The van der Waals surface area contributed by atoms with Crippen molar-refractivity contribution in [2.75, 3.05) is 26.2 Å². The topological polar surface area (TPSA) is 29.5 Å². The van der Waals surface area contributed by atoms with Crippen LogP contribution in [0.3, 0.4) is 0 Å². The van der Waals surface area contributed by atoms with E-state index in [9.17, 15) is 4.79 Å². The number of ether oxygens (including phenoxy) is 1. The van der Waals surface area contributed by atoms with Gasteiger partial charge in [0.05, 0.1) is 6.61 Å². The molecule has 0 rings (SSSR count). The zero-order valence-corrected chi connectivity index (χ0v) is 12.3. The number of nitrogens with zero attached hydrogens (tertiary/aromatic N) is 1. The van der Waals surface area contributed by atoms with Crippen LogP contribution < -0.4 is 0 Å². The molecular formula is C15H29NO2. The van der Waals surface area contributed by atoms with E-state index in [4.69, 9.17) is 4.74 Å². The minimum atomic E-state index is -0.274. The van der Waals surface area contributed by atoms with E-state index in [2.05, 4.69) is 25.3 Å². The molecule has 106 valence electrons. The van der Waals surface area contributed by atoms with Gasteiger partial charge in [0.25, 0.3) is 0 Å². The SMILES string of the molecule is C=C(C)C(=O)OCCCN(CCCC)CCCC. The summed E-state index contributed by atoms with van der Waals surface area (Å²) in [5, 5.41) is 0. The number of carbonyl (C=O) groups is 1. The van der Waals surface area contributed by atoms with Crippen molar-refractivity contribution in [3.63, 3.8) is 0 Å². The van der Waals surface area contributed by atoms with Crippen molar-refractivity contribution in [3.05, 3.63) is 12.2 Å². The predicted molar refractivity (Wildman–Crippen MR) is 76.6 cm³/mol. The maximum atomic E-state index is 11.2. The van der Waals surface area contributed by atoms with Gasteiger partial charge in [-0.15, -0.1) is 0 Å². The molecule has 0 bridgehead atoms. The Kier molecular flexibility index (Phi) is 10.8. The first-order valence-corrected chi connectivity index (χ1v) is 7.16. The van der Waals surface area contributed by atoms with Gasteiger partial charge in [-0.25, -0.2) is 4.79 Å². The molecule has 0 spiro atoms. The lowest BCUT2D eigenvalue weighted by molar-refractivity contribution is -0.139. The van der Waals surface area contributed by atoms with Gasteiger partial charge in [-0.1, -0.05) is 33.3 Å². The molecule has 0 amide bonds. The van der Waals surface area contributed by atoms with Gasteiger partial charge in [0.1, 0.15) is 0 Å². The molecule has 18 heavy (non-hydrogen) atoms. The average Bonchev–Trinajstić information content (AvgIpc) is 2.36. The summed E-state index contributed by atoms with van der Waals surface area (Å²) in [6, 6.07) is 0. The van der Waals surface area contributed by atoms with Crippen LogP contribution in [0.4, 0.5) is 0 Å². The largest absolute Gasteiger partial charge is 0.462 e. The van der Waals surface area contributed by atoms with Crippen molar-refractivity contribution in [1.29, 1.82) is 0 Å². The number of hydrogen-bond acceptors (Lipinski definition) is 3. The molecule has 0 aliphatic carbocycles. The molecule has 0 heterocycles. The second kappa shape index (κ2) is 11.3. The number of hydrogen-bond donors (Lipinski definition) is 0. The van der Waals surface area contributed by atoms with Crippen molar-refractivity contribution < 1.29 is 9.53 Å². The summed E-state index contributed by atoms with van der Waals surface area (Å²) < 4.78 is 5.10. The highest BCUT2D eigenvalue weighted by Crippen LogP contribution is 2.01. The highest BCUT2D eigenvalue weighted by molar-refractivity contribution is 5.86. The molecule has 3 nitrogen and oxygen atoms in total. The lowest BCUT2D eigenvalue weighted by Crippen LogP contribution is -2.28. The van der Waals surface area contributed by atoms with Gasteiger partial charge in [-0.3, -0.25) is 0 Å². The van der Waals surface area contributed by atoms with Gasteiger partial charge >= 0.3 is 5.97 Å². The maximum Gasteiger partial charge on any atom is 0.333 e. The van der Waals surface area contributed by atoms with Crippen molar-refractivity contribution in [2.24, 2.45) is 0 Å². The van der Waals surface area contributed by atoms with Crippen LogP contribution in [0.5, 0.6) is 0 Å². The minimum absolute atomic E-state index is 0.274. The molecule has 0 unspecified atom stereocenters. The Morgan fingerprint density at radius 3 is 2.00 bits per heavy atom. The first-order valence-electron chi connectivity index (χ1n) is 7.16. The van der Waals surface area contributed by atoms with Crippen molar-refractivity contribution in [1.82, 2.24) is 4.90 Å². The van der Waals surface area contributed by atoms with Crippen LogP contribution in [-0.2, 0) is 9.53 Å². The van der Waals surface area contributed by atoms with Crippen molar-refractivity contribution in [3.8, 4) is 0 Å². The molecule has 0 fully saturated rings. The third-order valence-corrected chi connectivity index (χ3v) is 2.86. The molecule has 0 radical (unpaired) electrons. The van der Waals surface area contributed by atoms with Gasteiger partial charge in [-0.2, -0.15) is 0 Å². The van der Waals surface area contributed by atoms with Gasteiger partial charge in [0, 0.05) is 12.1 Å². The summed E-state index contributed by atoms with van der Waals surface area (Å²) in [4.78, 5) is 13.7. The maximum absolute atomic E-state index is 11.2. The van der Waals surface area contributed by atoms with E-state index in [1.165, 1.54) is 25.7 Å². The third kappa shape index (κ3) is 9.23. The predicted octanol–water partition coefficient (Wildman–Crippen LogP) is 3.40. The molecule has 0 aromatic rings. The van der Waals surface area contributed by atoms with Gasteiger partial charge in [0.15, 0.2) is 0 Å². The molecular weight excluding hydrogens is 226 g/mol. The Balaban J connectivity index is 3.73. The minimum Gasteiger partial charge on any atom is -0.462 e. The zero-order chi connectivity index (χ0) is 13.8. The number of unbranched alkanes of at least 4 members (excludes halogenated alkanes) is 2. The second-order valence-corrected chi connectivity index (χ2v) is 4.82. The van der Waals surface area contributed by atoms with Gasteiger partial charge in [-0.05, 0) is 39.3 Å². The normalized spacial score (nSPS) is 10.7. The fraction of sp³-hybridized carbons (Fsp3) is 0.800. The third-order valence-electron chi connectivity index (χ3n) is 2.86. The molecule has 0 saturated carbocycles. The number of rotatable bonds is 11. The van der Waals surface area contributed by atoms with E-state index in [0.29, 0.717) is 12.2 Å². The van der Waals surface area contributed by atoms with Crippen LogP contribution in [0, 0.1) is 0 Å². The molecule has 0 saturated heterocycles. The quantitative estimate of drug-likeness (QED) is 0.322. The van der Waals surface area contributed by atoms with Crippen LogP contribution in [0.25, 0.3) is 0 Å². The number of esters is 1. The van der Waals surface area contributed by atoms with Crippen LogP contribution in [0.2, 0.25) is 0 Å². The average molecular weight is 255 g/mol. The summed E-state index contributed by atoms with van der Waals surface area (Å²) in [6.07, 6.45) is 5.86. The van der Waals surface area contributed by atoms with E-state index in [1.54, 1.807) is 6.92 Å². The Labute approximate surface area is 112 Å². The standard InChI is InChI=1S/C15H29NO2/c1-5-7-10-16(11-8-6-2)12-9-13-18-15(17)14(3)4/h3,5-13H2,1-2,4H3. The molecule has 0 aromatic carbocycles. The zero-order valence-electron chi connectivity index (χ0n) is 12.3. The Morgan fingerprint density at radius 1 is 1.06 bits per heavy atom. The smallest absolute Gasteiger partial charge is 0.333 e. The summed E-state index contributed by atoms with van der Waals surface area (Å²) in [5.41, 5.74) is 0.476. The van der Waals surface area contributed by atoms with Crippen LogP contribution >= 0.6 is 0 Å². The second-order valence-electron chi connectivity index (χ2n) is 4.82. The summed E-state index contributed by atoms with van der Waals surface area (Å²) in [7, 11) is 0. The summed E-state index contributed by atoms with van der Waals surface area (Å²) >= 11 is 0. The van der Waals surface area contributed by atoms with E-state index in [0.717, 1.165) is 26.1 Å². The molecule has 0 aliphatic heterocycles. The van der Waals surface area contributed by atoms with Crippen molar-refractivity contribution in [2.45, 2.75) is 52.9 Å². The van der Waals surface area contributed by atoms with Crippen LogP contribution in [0.15, 0.2) is 12.2 Å². The van der Waals surface area contributed by atoms with Gasteiger partial charge in [0.2, 0.25) is 0 Å². The fourth-order valence-corrected chi connectivity index (χ4v) is 1.68. The molecule has 0 aliphatic rings. The highest BCUT2D eigenvalue weighted by atomic mass is 16.5. The molecule has 0 N–H and O–H groups in total. The van der Waals surface area contributed by atoms with E-state index >= 15 is 0 Å². The summed E-state index contributed by atoms with van der Waals surface area (Å²) in [6.45, 7) is 13.5. The van der Waals surface area contributed by atoms with Crippen LogP contribution in [0.1, 0.15) is 52.9 Å². The molecule has 0 aromatic heterocycles. The van der Waals surface area contributed by atoms with E-state index < -0.39 is 0 Å². The highest BCUT2D eigenvalue weighted by Gasteiger charge is 2.05. The Hall–Kier alpha value is -0.830. The first-order chi connectivity index (χ1) is 8.61. The van der Waals surface area contributed by atoms with Crippen LogP contribution in [-0.4, -0.2) is 37.1 Å². The number of carbonyl (C=O) groups excluding carboxylic acids is 1. The summed E-state index contributed by atoms with van der Waals surface area (Å²) in [5.74, 6) is -0.274. The van der Waals surface area contributed by atoms with Crippen molar-refractivity contribution >= 4 is 5.97 Å². The van der Waals surface area contributed by atoms with Gasteiger partial charge < -0.3 is 9.64 Å². The first kappa shape index (κ1) is 17.2. The molecule has 3 heteroatoms. The lowest BCUT2D eigenvalue weighted by atomic mass is 10.2.